The molecular weight excluding hydrogens is 481 g/mol. The Bertz CT molecular complexity index is 1070. The van der Waals surface area contributed by atoms with E-state index in [1.807, 2.05) is 5.82 Å². The maximum atomic E-state index is 12.5. The second-order valence-electron chi connectivity index (χ2n) is 4.93. The van der Waals surface area contributed by atoms with Crippen molar-refractivity contribution in [1.82, 2.24) is 19.7 Å². The van der Waals surface area contributed by atoms with Crippen LogP contribution in [0, 0.1) is 0 Å². The molecule has 12 nitrogen and oxygen atoms in total. The molecule has 15 heteroatoms. The van der Waals surface area contributed by atoms with Gasteiger partial charge in [-0.2, -0.15) is 0 Å². The third kappa shape index (κ3) is 6.02. The summed E-state index contributed by atoms with van der Waals surface area (Å²) in [6, 6.07) is 3.73. The number of anilines is 1. The average Bonchev–Trinajstić information content (AvgIpc) is 2.59. The molecule has 0 aliphatic heterocycles. The number of sulfonamides is 1. The van der Waals surface area contributed by atoms with E-state index >= 15 is 0 Å². The first kappa shape index (κ1) is 21.8. The van der Waals surface area contributed by atoms with Crippen molar-refractivity contribution >= 4 is 51.8 Å². The molecule has 28 heavy (non-hydrogen) atoms. The average molecular weight is 496 g/mol. The molecule has 1 aromatic carbocycles. The van der Waals surface area contributed by atoms with Crippen molar-refractivity contribution in [3.63, 3.8) is 0 Å². The molecule has 1 aromatic heterocycles. The summed E-state index contributed by atoms with van der Waals surface area (Å²) in [5.41, 5.74) is 0. The number of nitrogens with one attached hydrogen (secondary N) is 2. The molecule has 0 aliphatic rings. The van der Waals surface area contributed by atoms with Gasteiger partial charge in [0.2, 0.25) is 0 Å². The molecule has 0 saturated carbocycles. The molecule has 0 fully saturated rings. The maximum absolute atomic E-state index is 12.5. The van der Waals surface area contributed by atoms with Crippen LogP contribution in [-0.4, -0.2) is 66.1 Å². The fourth-order valence-electron chi connectivity index (χ4n) is 1.78. The minimum atomic E-state index is -4.46. The van der Waals surface area contributed by atoms with Gasteiger partial charge in [-0.3, -0.25) is 0 Å². The Hall–Kier alpha value is -2.48. The van der Waals surface area contributed by atoms with Crippen molar-refractivity contribution in [3.8, 4) is 11.8 Å². The summed E-state index contributed by atoms with van der Waals surface area (Å²) in [6.07, 6.45) is 0.761. The van der Waals surface area contributed by atoms with E-state index < -0.39 is 36.8 Å². The van der Waals surface area contributed by atoms with Gasteiger partial charge in [0.1, 0.15) is 0 Å². The van der Waals surface area contributed by atoms with E-state index in [1.165, 1.54) is 19.2 Å². The first-order valence-electron chi connectivity index (χ1n) is 7.20. The van der Waals surface area contributed by atoms with E-state index in [4.69, 9.17) is 4.74 Å². The van der Waals surface area contributed by atoms with Gasteiger partial charge in [0, 0.05) is 0 Å². The van der Waals surface area contributed by atoms with Crippen LogP contribution in [0.15, 0.2) is 29.2 Å². The number of rotatable bonds is 7. The van der Waals surface area contributed by atoms with Gasteiger partial charge in [0.15, 0.2) is 0 Å². The third-order valence-electron chi connectivity index (χ3n) is 2.79. The molecule has 2 N–H and O–H groups in total. The fraction of sp³-hybridized carbons (Fsp3) is 0.231. The van der Waals surface area contributed by atoms with Crippen LogP contribution in [-0.2, 0) is 20.1 Å². The summed E-state index contributed by atoms with van der Waals surface area (Å²) in [5.74, 6) is 1.16. The molecule has 0 spiro atoms. The van der Waals surface area contributed by atoms with Gasteiger partial charge in [-0.25, -0.2) is 0 Å². The summed E-state index contributed by atoms with van der Waals surface area (Å²) in [6.45, 7) is 0. The Balaban J connectivity index is 2.25. The van der Waals surface area contributed by atoms with Gasteiger partial charge in [-0.1, -0.05) is 0 Å². The van der Waals surface area contributed by atoms with Crippen LogP contribution in [0.25, 0.3) is 0 Å². The van der Waals surface area contributed by atoms with Crippen molar-refractivity contribution in [2.24, 2.45) is 0 Å². The molecule has 0 aliphatic carbocycles. The Kier molecular flexibility index (Phi) is 6.77. The quantitative estimate of drug-likeness (QED) is 0.362. The summed E-state index contributed by atoms with van der Waals surface area (Å²) >= 11 is -0.128. The molecule has 1 heterocycles. The zero-order valence-electron chi connectivity index (χ0n) is 14.7. The second kappa shape index (κ2) is 8.68. The fourth-order valence-corrected chi connectivity index (χ4v) is 4.07. The van der Waals surface area contributed by atoms with Crippen LogP contribution >= 0.6 is 0 Å². The normalized spacial score (nSPS) is 11.5. The van der Waals surface area contributed by atoms with Crippen LogP contribution in [0.1, 0.15) is 0 Å². The molecule has 2 aromatic rings. The number of nitrogens with zero attached hydrogens (tertiary/aromatic N) is 3. The van der Waals surface area contributed by atoms with Crippen LogP contribution in [0.4, 0.5) is 10.7 Å². The first-order valence-corrected chi connectivity index (χ1v) is 13.1. The predicted molar refractivity (Wildman–Crippen MR) is 98.9 cm³/mol. The zero-order chi connectivity index (χ0) is 20.9. The van der Waals surface area contributed by atoms with Crippen molar-refractivity contribution in [2.75, 3.05) is 18.7 Å². The van der Waals surface area contributed by atoms with Crippen molar-refractivity contribution in [1.29, 1.82) is 0 Å². The number of para-hydroxylation sites is 1. The number of hydrogen-bond donors (Lipinski definition) is 2. The van der Waals surface area contributed by atoms with Gasteiger partial charge in [0.25, 0.3) is 0 Å². The summed E-state index contributed by atoms with van der Waals surface area (Å²) in [5, 5.41) is 2.16. The zero-order valence-corrected chi connectivity index (χ0v) is 18.1. The minimum absolute atomic E-state index is 0.0428. The molecule has 0 atom stereocenters. The molecule has 2 amide bonds. The predicted octanol–water partition coefficient (Wildman–Crippen LogP) is -0.893. The van der Waals surface area contributed by atoms with Crippen LogP contribution in [0.2, 0.25) is 5.82 Å². The van der Waals surface area contributed by atoms with Gasteiger partial charge < -0.3 is 0 Å². The third-order valence-corrected chi connectivity index (χ3v) is 5.79. The number of methoxy groups -OCH3 is 1. The molecule has 0 saturated heterocycles. The number of aromatic nitrogens is 3. The van der Waals surface area contributed by atoms with Crippen LogP contribution in [0.3, 0.4) is 0 Å². The molecular formula is C13H15N5O7S2Se. The Labute approximate surface area is 167 Å². The number of benzene rings is 1. The Morgan fingerprint density at radius 2 is 1.79 bits per heavy atom. The van der Waals surface area contributed by atoms with Crippen molar-refractivity contribution < 1.29 is 30.6 Å². The molecule has 152 valence electrons. The number of urea groups is 1. The van der Waals surface area contributed by atoms with Crippen molar-refractivity contribution in [3.05, 3.63) is 24.3 Å². The van der Waals surface area contributed by atoms with Gasteiger partial charge in [-0.15, -0.1) is 0 Å². The van der Waals surface area contributed by atoms with E-state index in [2.05, 4.69) is 24.5 Å². The van der Waals surface area contributed by atoms with E-state index in [9.17, 15) is 21.6 Å². The van der Waals surface area contributed by atoms with E-state index in [0.717, 1.165) is 18.4 Å². The standard InChI is InChI=1S/C13H15N5O7S2Se/c1-24-12-15-10(16-13(17-12)28-3)14-11(19)18-27(22,23)9-7-5-4-6-8(9)25-26(2,20)21/h4-7H,1-3H3,(H2,14,15,16,17,18,19). The van der Waals surface area contributed by atoms with Crippen molar-refractivity contribution in [2.45, 2.75) is 10.7 Å². The summed E-state index contributed by atoms with van der Waals surface area (Å²) < 4.78 is 59.2. The van der Waals surface area contributed by atoms with Crippen LogP contribution < -0.4 is 23.7 Å². The second-order valence-corrected chi connectivity index (χ2v) is 9.77. The SMILES string of the molecule is COc1nc(NC(=O)NS(=O)(=O)c2ccccc2OS(C)(=O)=O)nc([Se]C)n1. The first-order chi connectivity index (χ1) is 13.0. The molecule has 0 unspecified atom stereocenters. The summed E-state index contributed by atoms with van der Waals surface area (Å²) in [4.78, 5) is 23.3. The monoisotopic (exact) mass is 497 g/mol. The number of hydrogen-bond acceptors (Lipinski definition) is 10. The Morgan fingerprint density at radius 1 is 1.11 bits per heavy atom. The van der Waals surface area contributed by atoms with E-state index in [-0.39, 0.29) is 26.9 Å². The van der Waals surface area contributed by atoms with E-state index in [0.29, 0.717) is 4.72 Å². The molecule has 0 bridgehead atoms. The van der Waals surface area contributed by atoms with Crippen LogP contribution in [0.5, 0.6) is 11.8 Å². The van der Waals surface area contributed by atoms with Gasteiger partial charge in [-0.05, 0) is 0 Å². The molecule has 0 radical (unpaired) electrons. The molecule has 2 rings (SSSR count). The van der Waals surface area contributed by atoms with Gasteiger partial charge >= 0.3 is 167 Å². The topological polar surface area (TPSA) is 167 Å². The van der Waals surface area contributed by atoms with E-state index in [1.54, 1.807) is 4.72 Å². The Morgan fingerprint density at radius 3 is 2.39 bits per heavy atom. The number of amides is 2. The number of carbonyl (C=O) groups excluding carboxylic acids is 1. The number of carbonyl (C=O) groups is 1. The van der Waals surface area contributed by atoms with Gasteiger partial charge in [0.05, 0.1) is 0 Å². The number of ether oxygens (including phenoxy) is 1. The summed E-state index contributed by atoms with van der Waals surface area (Å²) in [7, 11) is -7.12.